The molecule has 0 radical (unpaired) electrons. The minimum atomic E-state index is -0.144. The molecule has 0 spiro atoms. The van der Waals surface area contributed by atoms with Crippen LogP contribution in [0.25, 0.3) is 0 Å². The lowest BCUT2D eigenvalue weighted by Gasteiger charge is -2.17. The number of nitrogens with one attached hydrogen (secondary N) is 1. The van der Waals surface area contributed by atoms with Gasteiger partial charge < -0.3 is 10.1 Å². The van der Waals surface area contributed by atoms with Gasteiger partial charge in [-0.05, 0) is 25.7 Å². The Morgan fingerprint density at radius 1 is 1.41 bits per heavy atom. The highest BCUT2D eigenvalue weighted by Gasteiger charge is 2.06. The van der Waals surface area contributed by atoms with Gasteiger partial charge in [0.1, 0.15) is 5.82 Å². The normalized spacial score (nSPS) is 11.1. The first-order valence-electron chi connectivity index (χ1n) is 5.76. The Bertz CT molecular complexity index is 344. The molecule has 3 nitrogen and oxygen atoms in total. The predicted molar refractivity (Wildman–Crippen MR) is 67.4 cm³/mol. The molecule has 0 fully saturated rings. The van der Waals surface area contributed by atoms with Crippen LogP contribution in [0.5, 0.6) is 0 Å². The van der Waals surface area contributed by atoms with Crippen molar-refractivity contribution in [3.63, 3.8) is 0 Å². The number of halogens is 1. The lowest BCUT2D eigenvalue weighted by molar-refractivity contribution is 0.158. The quantitative estimate of drug-likeness (QED) is 0.784. The van der Waals surface area contributed by atoms with E-state index < -0.39 is 0 Å². The van der Waals surface area contributed by atoms with Gasteiger partial charge in [-0.3, -0.25) is 4.90 Å². The van der Waals surface area contributed by atoms with Crippen LogP contribution in [0.15, 0.2) is 18.2 Å². The second-order valence-corrected chi connectivity index (χ2v) is 4.19. The van der Waals surface area contributed by atoms with E-state index in [1.807, 2.05) is 31.1 Å². The average Bonchev–Trinajstić information content (AvgIpc) is 2.31. The molecule has 4 heteroatoms. The van der Waals surface area contributed by atoms with Crippen LogP contribution in [-0.4, -0.2) is 39.3 Å². The number of hydrogen-bond acceptors (Lipinski definition) is 3. The molecule has 0 unspecified atom stereocenters. The summed E-state index contributed by atoms with van der Waals surface area (Å²) in [5.41, 5.74) is 1.83. The maximum atomic E-state index is 13.6. The highest BCUT2D eigenvalue weighted by Crippen LogP contribution is 2.12. The van der Waals surface area contributed by atoms with Gasteiger partial charge in [0, 0.05) is 32.3 Å². The second-order valence-electron chi connectivity index (χ2n) is 4.19. The van der Waals surface area contributed by atoms with E-state index in [0.29, 0.717) is 13.2 Å². The van der Waals surface area contributed by atoms with Gasteiger partial charge in [0.15, 0.2) is 0 Å². The summed E-state index contributed by atoms with van der Waals surface area (Å²) in [5.74, 6) is -0.144. The number of hydrogen-bond donors (Lipinski definition) is 1. The zero-order valence-electron chi connectivity index (χ0n) is 10.8. The third-order valence-corrected chi connectivity index (χ3v) is 2.61. The van der Waals surface area contributed by atoms with Crippen LogP contribution >= 0.6 is 0 Å². The Labute approximate surface area is 103 Å². The minimum absolute atomic E-state index is 0.144. The molecule has 1 aromatic rings. The van der Waals surface area contributed by atoms with E-state index in [9.17, 15) is 4.39 Å². The molecule has 96 valence electrons. The van der Waals surface area contributed by atoms with Crippen LogP contribution < -0.4 is 5.32 Å². The number of ether oxygens (including phenoxy) is 1. The average molecular weight is 240 g/mol. The van der Waals surface area contributed by atoms with Crippen LogP contribution in [0.1, 0.15) is 11.1 Å². The standard InChI is InChI=1S/C13H21FN2O/c1-15-9-11-4-5-13(14)12(8-11)10-16(2)6-7-17-3/h4-5,8,15H,6-7,9-10H2,1-3H3. The van der Waals surface area contributed by atoms with Gasteiger partial charge in [-0.25, -0.2) is 4.39 Å². The number of benzene rings is 1. The summed E-state index contributed by atoms with van der Waals surface area (Å²) in [5, 5.41) is 3.06. The van der Waals surface area contributed by atoms with E-state index in [-0.39, 0.29) is 5.82 Å². The third kappa shape index (κ3) is 4.81. The Morgan fingerprint density at radius 2 is 2.18 bits per heavy atom. The van der Waals surface area contributed by atoms with E-state index in [2.05, 4.69) is 5.32 Å². The molecule has 0 bridgehead atoms. The molecular weight excluding hydrogens is 219 g/mol. The van der Waals surface area contributed by atoms with Gasteiger partial charge in [-0.2, -0.15) is 0 Å². The summed E-state index contributed by atoms with van der Waals surface area (Å²) in [7, 11) is 5.51. The highest BCUT2D eigenvalue weighted by atomic mass is 19.1. The molecule has 0 atom stereocenters. The van der Waals surface area contributed by atoms with Crippen molar-refractivity contribution in [1.29, 1.82) is 0 Å². The van der Waals surface area contributed by atoms with Crippen LogP contribution in [0, 0.1) is 5.82 Å². The number of nitrogens with zero attached hydrogens (tertiary/aromatic N) is 1. The number of methoxy groups -OCH3 is 1. The van der Waals surface area contributed by atoms with Crippen molar-refractivity contribution >= 4 is 0 Å². The third-order valence-electron chi connectivity index (χ3n) is 2.61. The fraction of sp³-hybridized carbons (Fsp3) is 0.538. The fourth-order valence-electron chi connectivity index (χ4n) is 1.68. The van der Waals surface area contributed by atoms with Crippen molar-refractivity contribution in [3.05, 3.63) is 35.1 Å². The molecule has 0 heterocycles. The maximum Gasteiger partial charge on any atom is 0.127 e. The summed E-state index contributed by atoms with van der Waals surface area (Å²) >= 11 is 0. The zero-order chi connectivity index (χ0) is 12.7. The van der Waals surface area contributed by atoms with Crippen molar-refractivity contribution < 1.29 is 9.13 Å². The maximum absolute atomic E-state index is 13.6. The van der Waals surface area contributed by atoms with E-state index in [0.717, 1.165) is 24.2 Å². The zero-order valence-corrected chi connectivity index (χ0v) is 10.8. The summed E-state index contributed by atoms with van der Waals surface area (Å²) < 4.78 is 18.6. The fourth-order valence-corrected chi connectivity index (χ4v) is 1.68. The molecular formula is C13H21FN2O. The Kier molecular flexibility index (Phi) is 6.11. The molecule has 1 aromatic carbocycles. The highest BCUT2D eigenvalue weighted by molar-refractivity contribution is 5.25. The first-order valence-corrected chi connectivity index (χ1v) is 5.76. The van der Waals surface area contributed by atoms with Crippen LogP contribution in [0.4, 0.5) is 4.39 Å². The van der Waals surface area contributed by atoms with Crippen molar-refractivity contribution in [1.82, 2.24) is 10.2 Å². The summed E-state index contributed by atoms with van der Waals surface area (Å²) in [6, 6.07) is 5.26. The molecule has 0 aromatic heterocycles. The SMILES string of the molecule is CNCc1ccc(F)c(CN(C)CCOC)c1. The topological polar surface area (TPSA) is 24.5 Å². The summed E-state index contributed by atoms with van der Waals surface area (Å²) in [4.78, 5) is 2.05. The van der Waals surface area contributed by atoms with Crippen LogP contribution in [-0.2, 0) is 17.8 Å². The van der Waals surface area contributed by atoms with Crippen molar-refractivity contribution in [3.8, 4) is 0 Å². The monoisotopic (exact) mass is 240 g/mol. The van der Waals surface area contributed by atoms with Crippen LogP contribution in [0.3, 0.4) is 0 Å². The van der Waals surface area contributed by atoms with Crippen molar-refractivity contribution in [2.75, 3.05) is 34.4 Å². The first kappa shape index (κ1) is 14.1. The Morgan fingerprint density at radius 3 is 2.82 bits per heavy atom. The predicted octanol–water partition coefficient (Wildman–Crippen LogP) is 1.62. The van der Waals surface area contributed by atoms with Gasteiger partial charge in [0.05, 0.1) is 6.61 Å². The Balaban J connectivity index is 2.64. The molecule has 0 aliphatic heterocycles. The number of likely N-dealkylation sites (N-methyl/N-ethyl adjacent to an activating group) is 1. The smallest absolute Gasteiger partial charge is 0.127 e. The minimum Gasteiger partial charge on any atom is -0.383 e. The molecule has 1 rings (SSSR count). The van der Waals surface area contributed by atoms with Gasteiger partial charge in [0.25, 0.3) is 0 Å². The molecule has 0 saturated carbocycles. The number of rotatable bonds is 7. The largest absolute Gasteiger partial charge is 0.383 e. The molecule has 17 heavy (non-hydrogen) atoms. The van der Waals surface area contributed by atoms with Crippen molar-refractivity contribution in [2.45, 2.75) is 13.1 Å². The van der Waals surface area contributed by atoms with Crippen LogP contribution in [0.2, 0.25) is 0 Å². The van der Waals surface area contributed by atoms with E-state index in [4.69, 9.17) is 4.74 Å². The van der Waals surface area contributed by atoms with E-state index in [1.54, 1.807) is 7.11 Å². The molecule has 0 aliphatic carbocycles. The molecule has 0 amide bonds. The lowest BCUT2D eigenvalue weighted by atomic mass is 10.1. The Hall–Kier alpha value is -0.970. The summed E-state index contributed by atoms with van der Waals surface area (Å²) in [6.07, 6.45) is 0. The van der Waals surface area contributed by atoms with E-state index >= 15 is 0 Å². The molecule has 0 aliphatic rings. The van der Waals surface area contributed by atoms with Crippen molar-refractivity contribution in [2.24, 2.45) is 0 Å². The van der Waals surface area contributed by atoms with Gasteiger partial charge in [-0.15, -0.1) is 0 Å². The van der Waals surface area contributed by atoms with E-state index in [1.165, 1.54) is 6.07 Å². The second kappa shape index (κ2) is 7.37. The van der Waals surface area contributed by atoms with Gasteiger partial charge >= 0.3 is 0 Å². The summed E-state index contributed by atoms with van der Waals surface area (Å²) in [6.45, 7) is 2.82. The van der Waals surface area contributed by atoms with Gasteiger partial charge in [0.2, 0.25) is 0 Å². The first-order chi connectivity index (χ1) is 8.17. The molecule has 1 N–H and O–H groups in total. The lowest BCUT2D eigenvalue weighted by Crippen LogP contribution is -2.23. The van der Waals surface area contributed by atoms with Gasteiger partial charge in [-0.1, -0.05) is 12.1 Å². The molecule has 0 saturated heterocycles.